The number of para-hydroxylation sites is 1. The molecule has 0 N–H and O–H groups in total. The molecule has 1 nitrogen and oxygen atoms in total. The van der Waals surface area contributed by atoms with Gasteiger partial charge < -0.3 is 4.42 Å². The summed E-state index contributed by atoms with van der Waals surface area (Å²) in [6.07, 6.45) is 0. The Hall–Kier alpha value is -7.22. The minimum atomic E-state index is -0.144. The van der Waals surface area contributed by atoms with E-state index in [1.165, 1.54) is 99.1 Å². The van der Waals surface area contributed by atoms with Crippen molar-refractivity contribution in [2.75, 3.05) is 0 Å². The van der Waals surface area contributed by atoms with Crippen molar-refractivity contribution in [3.8, 4) is 55.6 Å². The van der Waals surface area contributed by atoms with E-state index in [0.29, 0.717) is 0 Å². The fourth-order valence-corrected chi connectivity index (χ4v) is 10.2. The van der Waals surface area contributed by atoms with Crippen molar-refractivity contribution in [1.29, 1.82) is 0 Å². The Morgan fingerprint density at radius 3 is 1.52 bits per heavy atom. The van der Waals surface area contributed by atoms with Gasteiger partial charge in [-0.25, -0.2) is 0 Å². The fourth-order valence-electron chi connectivity index (χ4n) is 10.2. The second kappa shape index (κ2) is 12.4. The van der Waals surface area contributed by atoms with Crippen LogP contribution in [0.3, 0.4) is 0 Å². The quantitative estimate of drug-likeness (QED) is 0.164. The van der Waals surface area contributed by atoms with E-state index in [1.807, 2.05) is 12.1 Å². The summed E-state index contributed by atoms with van der Waals surface area (Å²) in [7, 11) is 0. The van der Waals surface area contributed by atoms with Gasteiger partial charge in [0.15, 0.2) is 0 Å². The van der Waals surface area contributed by atoms with Gasteiger partial charge in [0.25, 0.3) is 0 Å². The second-order valence-corrected chi connectivity index (χ2v) is 16.4. The van der Waals surface area contributed by atoms with Crippen LogP contribution >= 0.6 is 0 Å². The Labute approximate surface area is 337 Å². The van der Waals surface area contributed by atoms with Gasteiger partial charge in [-0.05, 0) is 142 Å². The van der Waals surface area contributed by atoms with Crippen LogP contribution in [0.15, 0.2) is 199 Å². The first kappa shape index (κ1) is 33.0. The molecule has 0 aliphatic heterocycles. The van der Waals surface area contributed by atoms with Crippen LogP contribution in [0.5, 0.6) is 0 Å². The lowest BCUT2D eigenvalue weighted by Gasteiger charge is -2.25. The van der Waals surface area contributed by atoms with Crippen LogP contribution in [-0.4, -0.2) is 0 Å². The first-order valence-electron chi connectivity index (χ1n) is 20.2. The molecule has 0 bridgehead atoms. The van der Waals surface area contributed by atoms with Crippen LogP contribution in [0, 0.1) is 0 Å². The van der Waals surface area contributed by atoms with Crippen molar-refractivity contribution in [3.05, 3.63) is 205 Å². The van der Waals surface area contributed by atoms with Crippen LogP contribution in [0.25, 0.3) is 110 Å². The van der Waals surface area contributed by atoms with E-state index in [9.17, 15) is 0 Å². The number of benzene rings is 10. The predicted molar refractivity (Wildman–Crippen MR) is 246 cm³/mol. The van der Waals surface area contributed by atoms with Crippen LogP contribution < -0.4 is 0 Å². The molecule has 0 fully saturated rings. The van der Waals surface area contributed by atoms with Crippen molar-refractivity contribution >= 4 is 54.3 Å². The summed E-state index contributed by atoms with van der Waals surface area (Å²) < 4.78 is 6.17. The molecule has 0 saturated carbocycles. The molecule has 0 radical (unpaired) electrons. The minimum absolute atomic E-state index is 0.144. The van der Waals surface area contributed by atoms with Gasteiger partial charge in [0, 0.05) is 16.2 Å². The summed E-state index contributed by atoms with van der Waals surface area (Å²) in [4.78, 5) is 0. The molecule has 1 aliphatic rings. The van der Waals surface area contributed by atoms with Gasteiger partial charge in [-0.15, -0.1) is 0 Å². The fraction of sp³-hybridized carbons (Fsp3) is 0.0526. The minimum Gasteiger partial charge on any atom is -0.456 e. The molecule has 0 saturated heterocycles. The van der Waals surface area contributed by atoms with E-state index in [2.05, 4.69) is 196 Å². The largest absolute Gasteiger partial charge is 0.456 e. The number of fused-ring (bicyclic) bond motifs is 9. The summed E-state index contributed by atoms with van der Waals surface area (Å²) in [6, 6.07) is 71.5. The molecule has 272 valence electrons. The van der Waals surface area contributed by atoms with Gasteiger partial charge >= 0.3 is 0 Å². The van der Waals surface area contributed by atoms with Crippen molar-refractivity contribution in [3.63, 3.8) is 0 Å². The molecule has 1 heteroatoms. The van der Waals surface area contributed by atoms with Crippen molar-refractivity contribution < 1.29 is 4.42 Å². The van der Waals surface area contributed by atoms with Crippen LogP contribution in [0.4, 0.5) is 0 Å². The normalized spacial score (nSPS) is 13.1. The molecular weight excluding hydrogens is 701 g/mol. The third-order valence-corrected chi connectivity index (χ3v) is 12.8. The third kappa shape index (κ3) is 4.83. The molecule has 10 aromatic carbocycles. The van der Waals surface area contributed by atoms with E-state index in [-0.39, 0.29) is 5.41 Å². The van der Waals surface area contributed by atoms with Crippen LogP contribution in [-0.2, 0) is 5.41 Å². The Bertz CT molecular complexity index is 3430. The Morgan fingerprint density at radius 2 is 0.828 bits per heavy atom. The molecule has 0 atom stereocenters. The Balaban J connectivity index is 1.02. The van der Waals surface area contributed by atoms with Gasteiger partial charge in [-0.1, -0.05) is 166 Å². The summed E-state index contributed by atoms with van der Waals surface area (Å²) in [5.74, 6) is 0. The standard InChI is InChI=1S/C57H38O/c1-57(2)51-34-37-15-4-3-14-36(37)32-49(51)48-26-13-25-42(56(48)57)39-17-12-19-41(31-39)55-46-23-7-5-21-44(46)54(45-22-6-8-24-47(45)55)40-18-11-16-35(30-40)38-28-29-53-50(33-38)43-20-9-10-27-52(43)58-53/h3-34H,1-2H3. The first-order valence-corrected chi connectivity index (χ1v) is 20.2. The van der Waals surface area contributed by atoms with Gasteiger partial charge in [0.1, 0.15) is 11.2 Å². The molecule has 58 heavy (non-hydrogen) atoms. The number of furan rings is 1. The highest BCUT2D eigenvalue weighted by Crippen LogP contribution is 2.54. The lowest BCUT2D eigenvalue weighted by Crippen LogP contribution is -2.16. The zero-order chi connectivity index (χ0) is 38.5. The molecule has 1 heterocycles. The predicted octanol–water partition coefficient (Wildman–Crippen LogP) is 16.0. The van der Waals surface area contributed by atoms with Gasteiger partial charge in [-0.2, -0.15) is 0 Å². The number of hydrogen-bond acceptors (Lipinski definition) is 1. The zero-order valence-electron chi connectivity index (χ0n) is 32.4. The summed E-state index contributed by atoms with van der Waals surface area (Å²) in [6.45, 7) is 4.79. The van der Waals surface area contributed by atoms with E-state index in [0.717, 1.165) is 21.9 Å². The van der Waals surface area contributed by atoms with E-state index >= 15 is 0 Å². The van der Waals surface area contributed by atoms with Crippen LogP contribution in [0.2, 0.25) is 0 Å². The highest BCUT2D eigenvalue weighted by atomic mass is 16.3. The van der Waals surface area contributed by atoms with Crippen LogP contribution in [0.1, 0.15) is 25.0 Å². The highest BCUT2D eigenvalue weighted by Gasteiger charge is 2.38. The molecule has 1 aliphatic carbocycles. The zero-order valence-corrected chi connectivity index (χ0v) is 32.4. The maximum absolute atomic E-state index is 6.17. The number of hydrogen-bond donors (Lipinski definition) is 0. The molecule has 1 aromatic heterocycles. The van der Waals surface area contributed by atoms with Gasteiger partial charge in [-0.3, -0.25) is 0 Å². The van der Waals surface area contributed by atoms with Crippen molar-refractivity contribution in [1.82, 2.24) is 0 Å². The Morgan fingerprint density at radius 1 is 0.328 bits per heavy atom. The lowest BCUT2D eigenvalue weighted by molar-refractivity contribution is 0.663. The third-order valence-electron chi connectivity index (χ3n) is 12.8. The van der Waals surface area contributed by atoms with Gasteiger partial charge in [0.05, 0.1) is 0 Å². The van der Waals surface area contributed by atoms with E-state index < -0.39 is 0 Å². The van der Waals surface area contributed by atoms with Gasteiger partial charge in [0.2, 0.25) is 0 Å². The molecule has 0 spiro atoms. The monoisotopic (exact) mass is 738 g/mol. The molecular formula is C57H38O. The maximum atomic E-state index is 6.17. The Kier molecular flexibility index (Phi) is 7.04. The second-order valence-electron chi connectivity index (χ2n) is 16.4. The van der Waals surface area contributed by atoms with Crippen molar-refractivity contribution in [2.45, 2.75) is 19.3 Å². The summed E-state index contributed by atoms with van der Waals surface area (Å²) in [5.41, 5.74) is 17.0. The molecule has 0 amide bonds. The molecule has 0 unspecified atom stereocenters. The molecule has 11 aromatic rings. The van der Waals surface area contributed by atoms with Crippen molar-refractivity contribution in [2.24, 2.45) is 0 Å². The average Bonchev–Trinajstić information content (AvgIpc) is 3.75. The first-order chi connectivity index (χ1) is 28.5. The van der Waals surface area contributed by atoms with E-state index in [4.69, 9.17) is 4.42 Å². The lowest BCUT2D eigenvalue weighted by atomic mass is 9.78. The topological polar surface area (TPSA) is 13.1 Å². The highest BCUT2D eigenvalue weighted by molar-refractivity contribution is 6.21. The SMILES string of the molecule is CC1(C)c2cc3ccccc3cc2-c2cccc(-c3cccc(-c4c5ccccc5c(-c5cccc(-c6ccc7oc8ccccc8c7c6)c5)c5ccccc45)c3)c21. The average molecular weight is 739 g/mol. The van der Waals surface area contributed by atoms with E-state index in [1.54, 1.807) is 0 Å². The summed E-state index contributed by atoms with van der Waals surface area (Å²) >= 11 is 0. The smallest absolute Gasteiger partial charge is 0.135 e. The number of rotatable bonds is 4. The maximum Gasteiger partial charge on any atom is 0.135 e. The molecule has 12 rings (SSSR count). The summed E-state index contributed by atoms with van der Waals surface area (Å²) in [5, 5.41) is 9.87.